The second-order valence-electron chi connectivity index (χ2n) is 25.0. The van der Waals surface area contributed by atoms with Crippen LogP contribution in [0.5, 0.6) is 5.75 Å². The van der Waals surface area contributed by atoms with Gasteiger partial charge in [-0.15, -0.1) is 0 Å². The number of piperidine rings is 2. The third-order valence-corrected chi connectivity index (χ3v) is 18.3. The zero-order valence-corrected chi connectivity index (χ0v) is 60.0. The highest BCUT2D eigenvalue weighted by Crippen LogP contribution is 2.35. The lowest BCUT2D eigenvalue weighted by Gasteiger charge is -2.32. The maximum atomic E-state index is 14.4. The number of pyridine rings is 2. The largest absolute Gasteiger partial charge is 0.482 e. The molecule has 10 heterocycles. The number of anilines is 2. The number of aromatic nitrogens is 6. The van der Waals surface area contributed by atoms with Crippen molar-refractivity contribution < 1.29 is 51.5 Å². The van der Waals surface area contributed by atoms with Gasteiger partial charge in [-0.1, -0.05) is 109 Å². The average molecular weight is 1480 g/mol. The second kappa shape index (κ2) is 36.8. The van der Waals surface area contributed by atoms with Crippen LogP contribution in [0.2, 0.25) is 5.02 Å². The van der Waals surface area contributed by atoms with Gasteiger partial charge >= 0.3 is 0 Å². The lowest BCUT2D eigenvalue weighted by atomic mass is 10.0. The zero-order valence-electron chi connectivity index (χ0n) is 59.3. The molecule has 15 rings (SSSR count). The van der Waals surface area contributed by atoms with Gasteiger partial charge in [0.1, 0.15) is 35.5 Å². The van der Waals surface area contributed by atoms with E-state index in [1.807, 2.05) is 121 Å². The molecule has 0 radical (unpaired) electrons. The number of carbonyl (C=O) groups is 7. The van der Waals surface area contributed by atoms with Gasteiger partial charge in [0, 0.05) is 152 Å². The molecule has 5 aromatic heterocycles. The molecule has 0 saturated carbocycles. The predicted molar refractivity (Wildman–Crippen MR) is 409 cm³/mol. The number of ether oxygens (including phenoxy) is 1. The number of nitrogens with zero attached hydrogens (tertiary/aromatic N) is 9. The average Bonchev–Trinajstić information content (AvgIpc) is 1.66. The van der Waals surface area contributed by atoms with Crippen LogP contribution in [0.3, 0.4) is 0 Å². The van der Waals surface area contributed by atoms with Gasteiger partial charge in [-0.2, -0.15) is 5.10 Å². The monoisotopic (exact) mass is 1480 g/mol. The van der Waals surface area contributed by atoms with Crippen molar-refractivity contribution >= 4 is 75.5 Å². The Morgan fingerprint density at radius 3 is 1.93 bits per heavy atom. The standard InChI is InChI=1S/C26H26ClF2N5O3.C22H18FN5.C14H14N2O2.C13H12N2O3.2C2H6.2CH4/c1-15(22-20(28)8-7-19(27)23(22)29)37-21-13-17(14-31-24(21)30)25(35)32-18-5-3-16(4-6-18)26(36)34-11-9-33(2)10-12-34;1-27-13-18(10-26-27)17-8-20-21(11-25-22(20)24-9-17)16-5-6-28(14-16)12-15-3-2-4-19(23)7-15;1-9-6-7-12(13(17)15-9)16-8-10-4-2-3-5-11(10)14(16)18;16-11-6-5-10(12(17)14-11)15-7-8-3-1-2-4-9(8)13(15)18;2*1-2;;/h3-8,13-15H,9-12H2,1-2H3,(H2,30,31)(H,32,35);2-11,13-14H,12H2,1H3,(H,24,25);2-5,12H,1,6-8H2,(H,15,17);1-4,10H,5-7H2,(H,14,16,17);2*1-2H3;2*1H4/t15-;;;;;;;/m1......./s1. The summed E-state index contributed by atoms with van der Waals surface area (Å²) >= 11 is 5.77. The Morgan fingerprint density at radius 2 is 1.33 bits per heavy atom. The molecule has 107 heavy (non-hydrogen) atoms. The van der Waals surface area contributed by atoms with Gasteiger partial charge in [0.15, 0.2) is 17.4 Å². The number of nitrogens with one attached hydrogen (secondary N) is 4. The number of nitrogen functional groups attached to an aromatic ring is 1. The Hall–Kier alpha value is -11.7. The SMILES string of the molecule is C.C.C=C1CCC(N2Cc3ccccc3C2=O)C(=O)N1.CC.CC.C[C@@H](Oc1cc(C(=O)Nc2ccc(C(=O)N3CCN(C)CC3)cc2)cnc1N)c1c(F)ccc(Cl)c1F.Cn1cc(-c2cnc3[nH]cc(-c4ccn(Cc5cccc(F)c5)c4)c3c2)cn1.O=C1CCC(N2Cc3ccccc3C2=O)C(=O)N1. The molecular weight excluding hydrogens is 1390 g/mol. The van der Waals surface area contributed by atoms with E-state index >= 15 is 0 Å². The first kappa shape index (κ1) is 81.0. The number of carbonyl (C=O) groups excluding carboxylic acids is 7. The first-order valence-electron chi connectivity index (χ1n) is 34.5. The topological polar surface area (TPSA) is 268 Å². The minimum Gasteiger partial charge on any atom is -0.482 e. The normalized spacial score (nSPS) is 15.9. The Kier molecular flexibility index (Phi) is 27.9. The van der Waals surface area contributed by atoms with Crippen molar-refractivity contribution in [2.75, 3.05) is 44.3 Å². The van der Waals surface area contributed by atoms with Crippen molar-refractivity contribution in [1.29, 1.82) is 0 Å². The molecule has 3 fully saturated rings. The number of aromatic amines is 1. The first-order valence-corrected chi connectivity index (χ1v) is 34.9. The fraction of sp³-hybridized carbons (Fsp3) is 0.284. The van der Waals surface area contributed by atoms with Crippen molar-refractivity contribution in [2.24, 2.45) is 7.05 Å². The van der Waals surface area contributed by atoms with E-state index in [9.17, 15) is 46.7 Å². The molecule has 0 bridgehead atoms. The van der Waals surface area contributed by atoms with Gasteiger partial charge in [0.05, 0.1) is 22.3 Å². The molecule has 7 amide bonds. The van der Waals surface area contributed by atoms with Crippen LogP contribution in [-0.4, -0.2) is 136 Å². The van der Waals surface area contributed by atoms with Gasteiger partial charge < -0.3 is 50.3 Å². The van der Waals surface area contributed by atoms with Crippen LogP contribution in [0, 0.1) is 17.5 Å². The molecule has 0 aliphatic carbocycles. The van der Waals surface area contributed by atoms with Gasteiger partial charge in [0.2, 0.25) is 17.7 Å². The number of aryl methyl sites for hydroxylation is 1. The lowest BCUT2D eigenvalue weighted by Crippen LogP contribution is -2.52. The number of likely N-dealkylation sites (N-methyl/N-ethyl adjacent to an activating group) is 1. The molecule has 5 aliphatic rings. The molecule has 22 nitrogen and oxygen atoms in total. The highest BCUT2D eigenvalue weighted by molar-refractivity contribution is 6.30. The smallest absolute Gasteiger partial charge is 0.257 e. The van der Waals surface area contributed by atoms with E-state index in [-0.39, 0.29) is 96.3 Å². The third-order valence-electron chi connectivity index (χ3n) is 18.0. The maximum absolute atomic E-state index is 14.4. The lowest BCUT2D eigenvalue weighted by molar-refractivity contribution is -0.137. The van der Waals surface area contributed by atoms with Crippen molar-refractivity contribution in [3.8, 4) is 28.0 Å². The Morgan fingerprint density at radius 1 is 0.692 bits per heavy atom. The summed E-state index contributed by atoms with van der Waals surface area (Å²) in [4.78, 5) is 104. The minimum absolute atomic E-state index is 0. The Balaban J connectivity index is 0.000000183. The van der Waals surface area contributed by atoms with Crippen LogP contribution in [0.25, 0.3) is 33.3 Å². The number of imide groups is 1. The minimum atomic E-state index is -1.11. The number of amides is 7. The number of rotatable bonds is 12. The molecule has 26 heteroatoms. The fourth-order valence-corrected chi connectivity index (χ4v) is 12.7. The van der Waals surface area contributed by atoms with E-state index in [0.29, 0.717) is 62.4 Å². The second-order valence-corrected chi connectivity index (χ2v) is 25.4. The molecule has 0 spiro atoms. The number of H-pyrrole nitrogens is 1. The number of nitrogens with two attached hydrogens (primary N) is 1. The quantitative estimate of drug-likeness (QED) is 0.0563. The maximum Gasteiger partial charge on any atom is 0.257 e. The zero-order chi connectivity index (χ0) is 75.2. The molecule has 5 aliphatic heterocycles. The van der Waals surface area contributed by atoms with E-state index < -0.39 is 29.7 Å². The summed E-state index contributed by atoms with van der Waals surface area (Å²) in [7, 11) is 3.92. The highest BCUT2D eigenvalue weighted by atomic mass is 35.5. The van der Waals surface area contributed by atoms with Gasteiger partial charge in [0.25, 0.3) is 23.6 Å². The van der Waals surface area contributed by atoms with Crippen LogP contribution in [0.1, 0.15) is 145 Å². The van der Waals surface area contributed by atoms with Crippen LogP contribution < -0.4 is 26.4 Å². The summed E-state index contributed by atoms with van der Waals surface area (Å²) in [5, 5.41) is 12.8. The number of hydrogen-bond donors (Lipinski definition) is 5. The fourth-order valence-electron chi connectivity index (χ4n) is 12.5. The third kappa shape index (κ3) is 19.2. The van der Waals surface area contributed by atoms with Gasteiger partial charge in [-0.3, -0.25) is 43.6 Å². The number of benzene rings is 5. The van der Waals surface area contributed by atoms with E-state index in [0.717, 1.165) is 92.9 Å². The molecule has 10 aromatic rings. The van der Waals surface area contributed by atoms with Crippen molar-refractivity contribution in [3.05, 3.63) is 250 Å². The first-order chi connectivity index (χ1) is 50.6. The number of fused-ring (bicyclic) bond motifs is 3. The van der Waals surface area contributed by atoms with Crippen LogP contribution in [0.15, 0.2) is 183 Å². The predicted octanol–water partition coefficient (Wildman–Crippen LogP) is 14.2. The molecule has 6 N–H and O–H groups in total. The van der Waals surface area contributed by atoms with Gasteiger partial charge in [-0.25, -0.2) is 23.1 Å². The molecule has 3 atom stereocenters. The summed E-state index contributed by atoms with van der Waals surface area (Å²) in [6.07, 6.45) is 14.0. The van der Waals surface area contributed by atoms with Crippen LogP contribution in [-0.2, 0) is 41.1 Å². The van der Waals surface area contributed by atoms with Crippen molar-refractivity contribution in [2.45, 2.75) is 113 Å². The highest BCUT2D eigenvalue weighted by Gasteiger charge is 2.40. The number of allylic oxidation sites excluding steroid dienone is 1. The van der Waals surface area contributed by atoms with E-state index in [1.54, 1.807) is 61.8 Å². The number of piperazine rings is 1. The van der Waals surface area contributed by atoms with Crippen LogP contribution in [0.4, 0.5) is 24.7 Å². The van der Waals surface area contributed by atoms with E-state index in [1.165, 1.54) is 25.3 Å². The summed E-state index contributed by atoms with van der Waals surface area (Å²) < 4.78 is 51.5. The van der Waals surface area contributed by atoms with E-state index in [2.05, 4.69) is 70.4 Å². The van der Waals surface area contributed by atoms with Crippen molar-refractivity contribution in [3.63, 3.8) is 0 Å². The number of halogens is 4. The molecular formula is C81H90ClF3N14O8. The molecule has 3 saturated heterocycles. The molecule has 560 valence electrons. The van der Waals surface area contributed by atoms with Crippen LogP contribution >= 0.6 is 11.6 Å². The van der Waals surface area contributed by atoms with E-state index in [4.69, 9.17) is 22.1 Å². The summed E-state index contributed by atoms with van der Waals surface area (Å²) in [5.41, 5.74) is 16.7. The summed E-state index contributed by atoms with van der Waals surface area (Å²) in [6.45, 7) is 17.7. The number of hydrogen-bond acceptors (Lipinski definition) is 13. The summed E-state index contributed by atoms with van der Waals surface area (Å²) in [6, 6.07) is 34.9. The summed E-state index contributed by atoms with van der Waals surface area (Å²) in [5.74, 6) is -3.55. The molecule has 2 unspecified atom stereocenters. The van der Waals surface area contributed by atoms with Crippen molar-refractivity contribution in [1.82, 2.24) is 59.5 Å². The van der Waals surface area contributed by atoms with Gasteiger partial charge in [-0.05, 0) is 129 Å². The molecule has 5 aromatic carbocycles. The Bertz CT molecular complexity index is 4760. The Labute approximate surface area is 625 Å².